The van der Waals surface area contributed by atoms with Gasteiger partial charge in [-0.2, -0.15) is 0 Å². The van der Waals surface area contributed by atoms with E-state index in [9.17, 15) is 4.79 Å². The van der Waals surface area contributed by atoms with Crippen molar-refractivity contribution in [1.29, 1.82) is 0 Å². The number of carbonyl (C=O) groups is 1. The Labute approximate surface area is 158 Å². The van der Waals surface area contributed by atoms with E-state index >= 15 is 0 Å². The maximum atomic E-state index is 12.0. The van der Waals surface area contributed by atoms with Crippen LogP contribution in [-0.2, 0) is 11.2 Å². The van der Waals surface area contributed by atoms with Gasteiger partial charge < -0.3 is 10.6 Å². The number of nitrogens with zero attached hydrogens (tertiary/aromatic N) is 2. The number of amides is 1. The maximum Gasteiger partial charge on any atom is 0.226 e. The van der Waals surface area contributed by atoms with Crippen molar-refractivity contribution in [3.8, 4) is 10.6 Å². The van der Waals surface area contributed by atoms with Crippen molar-refractivity contribution in [2.24, 2.45) is 5.92 Å². The molecule has 0 radical (unpaired) electrons. The average Bonchev–Trinajstić information content (AvgIpc) is 3.20. The van der Waals surface area contributed by atoms with E-state index in [0.29, 0.717) is 12.3 Å². The van der Waals surface area contributed by atoms with Crippen molar-refractivity contribution >= 4 is 42.1 Å². The fourth-order valence-electron chi connectivity index (χ4n) is 2.61. The number of halogens is 2. The summed E-state index contributed by atoms with van der Waals surface area (Å²) in [6.45, 7) is 2.94. The van der Waals surface area contributed by atoms with Crippen molar-refractivity contribution in [1.82, 2.24) is 20.6 Å². The predicted molar refractivity (Wildman–Crippen MR) is 102 cm³/mol. The third kappa shape index (κ3) is 6.02. The highest BCUT2D eigenvalue weighted by Gasteiger charge is 2.14. The third-order valence-corrected chi connectivity index (χ3v) is 4.78. The molecule has 5 nitrogen and oxygen atoms in total. The Balaban J connectivity index is 0.00000144. The number of hydrogen-bond donors (Lipinski definition) is 2. The Morgan fingerprint density at radius 1 is 1.42 bits per heavy atom. The first-order valence-electron chi connectivity index (χ1n) is 7.63. The summed E-state index contributed by atoms with van der Waals surface area (Å²) in [6.07, 6.45) is 6.15. The zero-order chi connectivity index (χ0) is 15.2. The summed E-state index contributed by atoms with van der Waals surface area (Å²) in [5.41, 5.74) is 1.82. The van der Waals surface area contributed by atoms with E-state index < -0.39 is 0 Å². The number of thiazole rings is 1. The van der Waals surface area contributed by atoms with Crippen LogP contribution in [0.15, 0.2) is 29.9 Å². The van der Waals surface area contributed by atoms with Crippen molar-refractivity contribution in [2.75, 3.05) is 19.6 Å². The molecule has 0 saturated carbocycles. The fraction of sp³-hybridized carbons (Fsp3) is 0.438. The number of nitrogens with one attached hydrogen (secondary N) is 2. The standard InChI is InChI=1S/C16H20N4OS.2ClH/c21-15(19-7-4-12-3-6-18-9-12)8-14-11-22-16(20-14)13-2-1-5-17-10-13;;/h1-2,5,10-12,18H,3-4,6-9H2,(H,19,21);2*1H. The summed E-state index contributed by atoms with van der Waals surface area (Å²) in [6, 6.07) is 3.87. The van der Waals surface area contributed by atoms with Crippen LogP contribution >= 0.6 is 36.2 Å². The molecule has 1 fully saturated rings. The summed E-state index contributed by atoms with van der Waals surface area (Å²) in [5, 5.41) is 9.19. The van der Waals surface area contributed by atoms with E-state index in [1.165, 1.54) is 6.42 Å². The van der Waals surface area contributed by atoms with E-state index in [4.69, 9.17) is 0 Å². The molecular weight excluding hydrogens is 367 g/mol. The van der Waals surface area contributed by atoms with Crippen LogP contribution in [0.5, 0.6) is 0 Å². The zero-order valence-electron chi connectivity index (χ0n) is 13.2. The van der Waals surface area contributed by atoms with Crippen LogP contribution in [0.25, 0.3) is 10.6 Å². The SMILES string of the molecule is Cl.Cl.O=C(Cc1csc(-c2cccnc2)n1)NCCC1CCNC1. The first-order chi connectivity index (χ1) is 10.8. The number of rotatable bonds is 6. The minimum absolute atomic E-state index is 0. The highest BCUT2D eigenvalue weighted by molar-refractivity contribution is 7.13. The summed E-state index contributed by atoms with van der Waals surface area (Å²) in [4.78, 5) is 20.6. The van der Waals surface area contributed by atoms with E-state index in [1.807, 2.05) is 17.5 Å². The monoisotopic (exact) mass is 388 g/mol. The van der Waals surface area contributed by atoms with Gasteiger partial charge in [-0.1, -0.05) is 0 Å². The van der Waals surface area contributed by atoms with Gasteiger partial charge in [-0.25, -0.2) is 4.98 Å². The molecule has 8 heteroatoms. The first kappa shape index (κ1) is 20.8. The van der Waals surface area contributed by atoms with Gasteiger partial charge in [0, 0.05) is 29.9 Å². The Hall–Kier alpha value is -1.21. The maximum absolute atomic E-state index is 12.0. The topological polar surface area (TPSA) is 66.9 Å². The molecule has 0 spiro atoms. The molecule has 0 aliphatic carbocycles. The molecule has 1 atom stereocenters. The molecule has 132 valence electrons. The van der Waals surface area contributed by atoms with Crippen molar-refractivity contribution in [3.63, 3.8) is 0 Å². The summed E-state index contributed by atoms with van der Waals surface area (Å²) >= 11 is 1.55. The van der Waals surface area contributed by atoms with Gasteiger partial charge in [0.25, 0.3) is 0 Å². The summed E-state index contributed by atoms with van der Waals surface area (Å²) in [5.74, 6) is 0.755. The van der Waals surface area contributed by atoms with Crippen molar-refractivity contribution < 1.29 is 4.79 Å². The third-order valence-electron chi connectivity index (χ3n) is 3.84. The molecule has 24 heavy (non-hydrogen) atoms. The lowest BCUT2D eigenvalue weighted by molar-refractivity contribution is -0.120. The number of hydrogen-bond acceptors (Lipinski definition) is 5. The molecule has 1 saturated heterocycles. The molecule has 1 amide bonds. The molecule has 1 aliphatic rings. The Bertz CT molecular complexity index is 618. The molecule has 0 aromatic carbocycles. The average molecular weight is 389 g/mol. The molecule has 0 bridgehead atoms. The van der Waals surface area contributed by atoms with E-state index in [-0.39, 0.29) is 30.7 Å². The number of aromatic nitrogens is 2. The van der Waals surface area contributed by atoms with Gasteiger partial charge in [-0.05, 0) is 44.0 Å². The van der Waals surface area contributed by atoms with E-state index in [1.54, 1.807) is 23.7 Å². The van der Waals surface area contributed by atoms with Crippen LogP contribution in [0, 0.1) is 5.92 Å². The van der Waals surface area contributed by atoms with Gasteiger partial charge in [0.15, 0.2) is 0 Å². The molecule has 2 N–H and O–H groups in total. The lowest BCUT2D eigenvalue weighted by atomic mass is 10.1. The largest absolute Gasteiger partial charge is 0.356 e. The van der Waals surface area contributed by atoms with Crippen LogP contribution in [0.1, 0.15) is 18.5 Å². The highest BCUT2D eigenvalue weighted by Crippen LogP contribution is 2.22. The van der Waals surface area contributed by atoms with Gasteiger partial charge >= 0.3 is 0 Å². The van der Waals surface area contributed by atoms with Crippen LogP contribution in [0.2, 0.25) is 0 Å². The molecule has 3 heterocycles. The summed E-state index contributed by atoms with van der Waals surface area (Å²) in [7, 11) is 0. The van der Waals surface area contributed by atoms with Gasteiger partial charge in [0.05, 0.1) is 12.1 Å². The van der Waals surface area contributed by atoms with E-state index in [2.05, 4.69) is 20.6 Å². The van der Waals surface area contributed by atoms with Crippen molar-refractivity contribution in [3.05, 3.63) is 35.6 Å². The Morgan fingerprint density at radius 2 is 2.29 bits per heavy atom. The Kier molecular flexibility index (Phi) is 9.21. The van der Waals surface area contributed by atoms with Crippen molar-refractivity contribution in [2.45, 2.75) is 19.3 Å². The fourth-order valence-corrected chi connectivity index (χ4v) is 3.42. The first-order valence-corrected chi connectivity index (χ1v) is 8.51. The van der Waals surface area contributed by atoms with Crippen LogP contribution in [0.4, 0.5) is 0 Å². The smallest absolute Gasteiger partial charge is 0.226 e. The number of pyridine rings is 1. The quantitative estimate of drug-likeness (QED) is 0.797. The minimum Gasteiger partial charge on any atom is -0.356 e. The predicted octanol–water partition coefficient (Wildman–Crippen LogP) is 2.71. The van der Waals surface area contributed by atoms with Crippen LogP contribution in [-0.4, -0.2) is 35.5 Å². The van der Waals surface area contributed by atoms with Crippen LogP contribution < -0.4 is 10.6 Å². The normalized spacial score (nSPS) is 16.1. The Morgan fingerprint density at radius 3 is 3.00 bits per heavy atom. The van der Waals surface area contributed by atoms with Gasteiger partial charge in [-0.3, -0.25) is 9.78 Å². The van der Waals surface area contributed by atoms with Crippen LogP contribution in [0.3, 0.4) is 0 Å². The molecule has 1 aliphatic heterocycles. The zero-order valence-corrected chi connectivity index (χ0v) is 15.7. The lowest BCUT2D eigenvalue weighted by Crippen LogP contribution is -2.27. The molecule has 2 aromatic rings. The van der Waals surface area contributed by atoms with Gasteiger partial charge in [-0.15, -0.1) is 36.2 Å². The molecular formula is C16H22Cl2N4OS. The second kappa shape index (κ2) is 10.6. The second-order valence-electron chi connectivity index (χ2n) is 5.56. The second-order valence-corrected chi connectivity index (χ2v) is 6.42. The molecule has 3 rings (SSSR count). The molecule has 1 unspecified atom stereocenters. The molecule has 2 aromatic heterocycles. The lowest BCUT2D eigenvalue weighted by Gasteiger charge is -2.08. The number of carbonyl (C=O) groups excluding carboxylic acids is 1. The van der Waals surface area contributed by atoms with E-state index in [0.717, 1.165) is 42.3 Å². The van der Waals surface area contributed by atoms with Gasteiger partial charge in [0.1, 0.15) is 5.01 Å². The van der Waals surface area contributed by atoms with Gasteiger partial charge in [0.2, 0.25) is 5.91 Å². The summed E-state index contributed by atoms with van der Waals surface area (Å²) < 4.78 is 0. The highest BCUT2D eigenvalue weighted by atomic mass is 35.5. The minimum atomic E-state index is 0.